The molecule has 0 aliphatic carbocycles. The average Bonchev–Trinajstić information content (AvgIpc) is 2.89. The first-order valence-corrected chi connectivity index (χ1v) is 7.47. The van der Waals surface area contributed by atoms with Crippen molar-refractivity contribution >= 4 is 22.6 Å². The summed E-state index contributed by atoms with van der Waals surface area (Å²) in [5, 5.41) is 4.19. The molecule has 108 valence electrons. The van der Waals surface area contributed by atoms with Crippen LogP contribution in [0.15, 0.2) is 48.8 Å². The van der Waals surface area contributed by atoms with E-state index in [-0.39, 0.29) is 0 Å². The van der Waals surface area contributed by atoms with Crippen molar-refractivity contribution in [2.45, 2.75) is 26.4 Å². The number of hydrogen-bond donors (Lipinski definition) is 1. The summed E-state index contributed by atoms with van der Waals surface area (Å²) in [6.45, 7) is 5.08. The second kappa shape index (κ2) is 5.88. The number of halogens is 1. The molecule has 0 aliphatic heterocycles. The molecule has 0 amide bonds. The van der Waals surface area contributed by atoms with Gasteiger partial charge in [-0.15, -0.1) is 0 Å². The first kappa shape index (κ1) is 14.1. The molecule has 2 aromatic carbocycles. The minimum absolute atomic E-state index is 0.438. The van der Waals surface area contributed by atoms with E-state index in [9.17, 15) is 0 Å². The highest BCUT2D eigenvalue weighted by Crippen LogP contribution is 2.24. The molecule has 0 saturated heterocycles. The van der Waals surface area contributed by atoms with Crippen LogP contribution in [0.3, 0.4) is 0 Å². The predicted octanol–water partition coefficient (Wildman–Crippen LogP) is 4.18. The Morgan fingerprint density at radius 2 is 2.00 bits per heavy atom. The van der Waals surface area contributed by atoms with Crippen molar-refractivity contribution in [3.05, 3.63) is 59.4 Å². The summed E-state index contributed by atoms with van der Waals surface area (Å²) >= 11 is 6.19. The summed E-state index contributed by atoms with van der Waals surface area (Å²) in [4.78, 5) is 4.46. The summed E-state index contributed by atoms with van der Waals surface area (Å²) in [5.74, 6) is 0. The largest absolute Gasteiger partial charge is 0.310 e. The van der Waals surface area contributed by atoms with E-state index in [0.29, 0.717) is 6.04 Å². The summed E-state index contributed by atoms with van der Waals surface area (Å²) in [5.41, 5.74) is 4.35. The number of fused-ring (bicyclic) bond motifs is 1. The van der Waals surface area contributed by atoms with Crippen LogP contribution in [0.5, 0.6) is 0 Å². The van der Waals surface area contributed by atoms with Gasteiger partial charge < -0.3 is 5.32 Å². The van der Waals surface area contributed by atoms with Crippen LogP contribution in [0.1, 0.15) is 19.4 Å². The van der Waals surface area contributed by atoms with E-state index in [1.54, 1.807) is 0 Å². The number of rotatable bonds is 4. The van der Waals surface area contributed by atoms with E-state index in [1.807, 2.05) is 36.7 Å². The molecule has 1 N–H and O–H groups in total. The molecule has 0 bridgehead atoms. The van der Waals surface area contributed by atoms with Gasteiger partial charge in [0.15, 0.2) is 0 Å². The fourth-order valence-electron chi connectivity index (χ4n) is 2.38. The van der Waals surface area contributed by atoms with Crippen molar-refractivity contribution < 1.29 is 0 Å². The van der Waals surface area contributed by atoms with Gasteiger partial charge in [-0.1, -0.05) is 43.6 Å². The highest BCUT2D eigenvalue weighted by molar-refractivity contribution is 6.30. The number of hydrogen-bond acceptors (Lipinski definition) is 2. The highest BCUT2D eigenvalue weighted by Gasteiger charge is 2.09. The maximum absolute atomic E-state index is 6.19. The number of nitrogens with zero attached hydrogens (tertiary/aromatic N) is 2. The minimum Gasteiger partial charge on any atom is -0.310 e. The number of para-hydroxylation sites is 2. The molecule has 4 heteroatoms. The maximum Gasteiger partial charge on any atom is 0.100 e. The second-order valence-electron chi connectivity index (χ2n) is 5.41. The standard InChI is InChI=1S/C17H18ClN3/c1-12(2)19-10-13-7-8-14(18)9-17(13)21-11-20-15-5-3-4-6-16(15)21/h3-9,11-12,19H,10H2,1-2H3. The zero-order chi connectivity index (χ0) is 14.8. The van der Waals surface area contributed by atoms with Crippen LogP contribution >= 0.6 is 11.6 Å². The second-order valence-corrected chi connectivity index (χ2v) is 5.85. The van der Waals surface area contributed by atoms with Crippen LogP contribution in [0.25, 0.3) is 16.7 Å². The molecule has 0 aliphatic rings. The quantitative estimate of drug-likeness (QED) is 0.783. The molecule has 3 nitrogen and oxygen atoms in total. The van der Waals surface area contributed by atoms with Gasteiger partial charge in [-0.25, -0.2) is 4.98 Å². The molecular weight excluding hydrogens is 282 g/mol. The summed E-state index contributed by atoms with van der Waals surface area (Å²) in [7, 11) is 0. The Labute approximate surface area is 129 Å². The Bertz CT molecular complexity index is 762. The summed E-state index contributed by atoms with van der Waals surface area (Å²) in [6, 6.07) is 14.5. The van der Waals surface area contributed by atoms with E-state index in [4.69, 9.17) is 11.6 Å². The van der Waals surface area contributed by atoms with E-state index >= 15 is 0 Å². The van der Waals surface area contributed by atoms with E-state index in [2.05, 4.69) is 40.8 Å². The van der Waals surface area contributed by atoms with E-state index in [1.165, 1.54) is 5.56 Å². The molecule has 3 aromatic rings. The van der Waals surface area contributed by atoms with Gasteiger partial charge >= 0.3 is 0 Å². The number of nitrogens with one attached hydrogen (secondary N) is 1. The Hall–Kier alpha value is -1.84. The minimum atomic E-state index is 0.438. The Kier molecular flexibility index (Phi) is 3.95. The molecule has 0 fully saturated rings. The monoisotopic (exact) mass is 299 g/mol. The fraction of sp³-hybridized carbons (Fsp3) is 0.235. The van der Waals surface area contributed by atoms with Crippen LogP contribution in [0.2, 0.25) is 5.02 Å². The first-order valence-electron chi connectivity index (χ1n) is 7.09. The predicted molar refractivity (Wildman–Crippen MR) is 88.1 cm³/mol. The fourth-order valence-corrected chi connectivity index (χ4v) is 2.54. The lowest BCUT2D eigenvalue weighted by atomic mass is 10.1. The molecule has 1 heterocycles. The summed E-state index contributed by atoms with van der Waals surface area (Å²) in [6.07, 6.45) is 1.86. The topological polar surface area (TPSA) is 29.9 Å². The number of aromatic nitrogens is 2. The highest BCUT2D eigenvalue weighted by atomic mass is 35.5. The third-order valence-corrected chi connectivity index (χ3v) is 3.70. The van der Waals surface area contributed by atoms with Crippen molar-refractivity contribution in [3.8, 4) is 5.69 Å². The van der Waals surface area contributed by atoms with Gasteiger partial charge in [0, 0.05) is 17.6 Å². The molecule has 0 unspecified atom stereocenters. The van der Waals surface area contributed by atoms with Crippen LogP contribution in [0, 0.1) is 0 Å². The Balaban J connectivity index is 2.10. The Morgan fingerprint density at radius 1 is 1.19 bits per heavy atom. The smallest absolute Gasteiger partial charge is 0.100 e. The Morgan fingerprint density at radius 3 is 2.81 bits per heavy atom. The van der Waals surface area contributed by atoms with Gasteiger partial charge in [0.1, 0.15) is 6.33 Å². The number of benzene rings is 2. The zero-order valence-electron chi connectivity index (χ0n) is 12.2. The molecule has 0 atom stereocenters. The molecule has 3 rings (SSSR count). The average molecular weight is 300 g/mol. The van der Waals surface area contributed by atoms with Crippen molar-refractivity contribution in [2.24, 2.45) is 0 Å². The third-order valence-electron chi connectivity index (χ3n) is 3.46. The molecular formula is C17H18ClN3. The lowest BCUT2D eigenvalue weighted by molar-refractivity contribution is 0.588. The van der Waals surface area contributed by atoms with Gasteiger partial charge in [-0.3, -0.25) is 4.57 Å². The van der Waals surface area contributed by atoms with Crippen LogP contribution in [-0.2, 0) is 6.54 Å². The normalized spacial score (nSPS) is 11.4. The summed E-state index contributed by atoms with van der Waals surface area (Å²) < 4.78 is 2.10. The van der Waals surface area contributed by atoms with Crippen LogP contribution < -0.4 is 5.32 Å². The lowest BCUT2D eigenvalue weighted by Gasteiger charge is -2.14. The van der Waals surface area contributed by atoms with Gasteiger partial charge in [0.05, 0.1) is 16.7 Å². The lowest BCUT2D eigenvalue weighted by Crippen LogP contribution is -2.22. The zero-order valence-corrected chi connectivity index (χ0v) is 12.9. The first-order chi connectivity index (χ1) is 10.1. The van der Waals surface area contributed by atoms with Gasteiger partial charge in [0.2, 0.25) is 0 Å². The molecule has 21 heavy (non-hydrogen) atoms. The molecule has 0 saturated carbocycles. The van der Waals surface area contributed by atoms with Crippen LogP contribution in [0.4, 0.5) is 0 Å². The van der Waals surface area contributed by atoms with Crippen molar-refractivity contribution in [2.75, 3.05) is 0 Å². The SMILES string of the molecule is CC(C)NCc1ccc(Cl)cc1-n1cnc2ccccc21. The molecule has 0 spiro atoms. The van der Waals surface area contributed by atoms with Crippen LogP contribution in [-0.4, -0.2) is 15.6 Å². The molecule has 0 radical (unpaired) electrons. The maximum atomic E-state index is 6.19. The van der Waals surface area contributed by atoms with Gasteiger partial charge in [0.25, 0.3) is 0 Å². The van der Waals surface area contributed by atoms with E-state index in [0.717, 1.165) is 28.3 Å². The van der Waals surface area contributed by atoms with Crippen molar-refractivity contribution in [1.82, 2.24) is 14.9 Å². The van der Waals surface area contributed by atoms with Crippen molar-refractivity contribution in [1.29, 1.82) is 0 Å². The van der Waals surface area contributed by atoms with Crippen molar-refractivity contribution in [3.63, 3.8) is 0 Å². The molecule has 1 aromatic heterocycles. The van der Waals surface area contributed by atoms with Gasteiger partial charge in [-0.05, 0) is 29.8 Å². The third kappa shape index (κ3) is 2.94. The van der Waals surface area contributed by atoms with Gasteiger partial charge in [-0.2, -0.15) is 0 Å². The van der Waals surface area contributed by atoms with E-state index < -0.39 is 0 Å². The number of imidazole rings is 1.